The number of nitro groups is 1. The Morgan fingerprint density at radius 2 is 1.69 bits per heavy atom. The van der Waals surface area contributed by atoms with Crippen molar-refractivity contribution in [1.82, 2.24) is 0 Å². The molecular weight excluding hydrogens is 345 g/mol. The molecule has 2 aliphatic heterocycles. The minimum Gasteiger partial charge on any atom is -0.381 e. The molecule has 1 fully saturated rings. The van der Waals surface area contributed by atoms with Gasteiger partial charge in [0.1, 0.15) is 17.4 Å². The quantitative estimate of drug-likeness (QED) is 0.476. The van der Waals surface area contributed by atoms with Crippen molar-refractivity contribution in [3.63, 3.8) is 0 Å². The first-order chi connectivity index (χ1) is 12.5. The molecule has 26 heavy (non-hydrogen) atoms. The van der Waals surface area contributed by atoms with Gasteiger partial charge in [0.15, 0.2) is 0 Å². The lowest BCUT2D eigenvalue weighted by Crippen LogP contribution is -2.33. The van der Waals surface area contributed by atoms with E-state index >= 15 is 0 Å². The van der Waals surface area contributed by atoms with Crippen molar-refractivity contribution in [2.75, 3.05) is 4.90 Å². The molecular formula is C17H10FN3O5. The number of hydrogen-bond donors (Lipinski definition) is 0. The van der Waals surface area contributed by atoms with E-state index in [-0.39, 0.29) is 17.1 Å². The van der Waals surface area contributed by atoms with E-state index in [1.807, 2.05) is 0 Å². The van der Waals surface area contributed by atoms with Gasteiger partial charge in [0, 0.05) is 17.7 Å². The highest BCUT2D eigenvalue weighted by atomic mass is 19.1. The largest absolute Gasteiger partial charge is 0.381 e. The van der Waals surface area contributed by atoms with Crippen molar-refractivity contribution < 1.29 is 23.7 Å². The Hall–Kier alpha value is -3.62. The van der Waals surface area contributed by atoms with Crippen LogP contribution in [0.1, 0.15) is 5.56 Å². The van der Waals surface area contributed by atoms with Gasteiger partial charge in [0.05, 0.1) is 10.6 Å². The maximum Gasteiger partial charge on any atom is 0.278 e. The van der Waals surface area contributed by atoms with Crippen molar-refractivity contribution in [3.05, 3.63) is 70.0 Å². The van der Waals surface area contributed by atoms with Gasteiger partial charge in [-0.2, -0.15) is 0 Å². The molecule has 0 aromatic heterocycles. The minimum absolute atomic E-state index is 0.105. The van der Waals surface area contributed by atoms with Crippen molar-refractivity contribution in [2.45, 2.75) is 6.10 Å². The molecule has 0 bridgehead atoms. The zero-order valence-electron chi connectivity index (χ0n) is 13.0. The summed E-state index contributed by atoms with van der Waals surface area (Å²) in [6, 6.07) is 10.4. The van der Waals surface area contributed by atoms with E-state index in [1.54, 1.807) is 0 Å². The fraction of sp³-hybridized carbons (Fsp3) is 0.118. The van der Waals surface area contributed by atoms with Crippen LogP contribution in [0.15, 0.2) is 53.7 Å². The SMILES string of the molecule is O=C1C2ON=C(c3ccc([N+](=O)[O-])cc3)C2C(=O)N1c1ccc(F)cc1. The number of benzene rings is 2. The summed E-state index contributed by atoms with van der Waals surface area (Å²) in [6.45, 7) is 0. The van der Waals surface area contributed by atoms with E-state index in [1.165, 1.54) is 36.4 Å². The zero-order chi connectivity index (χ0) is 18.4. The van der Waals surface area contributed by atoms with Crippen LogP contribution >= 0.6 is 0 Å². The summed E-state index contributed by atoms with van der Waals surface area (Å²) >= 11 is 0. The number of carbonyl (C=O) groups excluding carboxylic acids is 2. The van der Waals surface area contributed by atoms with E-state index in [9.17, 15) is 24.1 Å². The number of amides is 2. The minimum atomic E-state index is -1.10. The third-order valence-corrected chi connectivity index (χ3v) is 4.27. The third-order valence-electron chi connectivity index (χ3n) is 4.27. The third kappa shape index (κ3) is 2.32. The predicted molar refractivity (Wildman–Crippen MR) is 86.9 cm³/mol. The molecule has 8 nitrogen and oxygen atoms in total. The first kappa shape index (κ1) is 15.9. The summed E-state index contributed by atoms with van der Waals surface area (Å²) in [4.78, 5) is 41.6. The van der Waals surface area contributed by atoms with Gasteiger partial charge in [-0.25, -0.2) is 9.29 Å². The molecule has 2 aliphatic rings. The summed E-state index contributed by atoms with van der Waals surface area (Å²) in [5.41, 5.74) is 0.812. The molecule has 4 rings (SSSR count). The van der Waals surface area contributed by atoms with Crippen LogP contribution < -0.4 is 4.90 Å². The summed E-state index contributed by atoms with van der Waals surface area (Å²) in [7, 11) is 0. The highest BCUT2D eigenvalue weighted by Crippen LogP contribution is 2.35. The normalized spacial score (nSPS) is 21.4. The van der Waals surface area contributed by atoms with Crippen molar-refractivity contribution in [2.24, 2.45) is 11.1 Å². The van der Waals surface area contributed by atoms with Gasteiger partial charge >= 0.3 is 0 Å². The number of nitro benzene ring substituents is 1. The van der Waals surface area contributed by atoms with Crippen LogP contribution in [0.4, 0.5) is 15.8 Å². The van der Waals surface area contributed by atoms with E-state index in [0.717, 1.165) is 17.0 Å². The van der Waals surface area contributed by atoms with Gasteiger partial charge < -0.3 is 4.84 Å². The lowest BCUT2D eigenvalue weighted by atomic mass is 9.94. The fourth-order valence-electron chi connectivity index (χ4n) is 3.01. The van der Waals surface area contributed by atoms with Gasteiger partial charge in [0.2, 0.25) is 12.0 Å². The van der Waals surface area contributed by atoms with Crippen LogP contribution in [0.25, 0.3) is 0 Å². The Kier molecular flexibility index (Phi) is 3.50. The van der Waals surface area contributed by atoms with Crippen molar-refractivity contribution in [3.8, 4) is 0 Å². The number of non-ortho nitro benzene ring substituents is 1. The number of carbonyl (C=O) groups is 2. The summed E-state index contributed by atoms with van der Waals surface area (Å²) < 4.78 is 13.1. The highest BCUT2D eigenvalue weighted by Gasteiger charge is 2.56. The number of halogens is 1. The molecule has 0 spiro atoms. The summed E-state index contributed by atoms with van der Waals surface area (Å²) in [5.74, 6) is -2.57. The number of fused-ring (bicyclic) bond motifs is 1. The van der Waals surface area contributed by atoms with Crippen LogP contribution in [0, 0.1) is 21.8 Å². The molecule has 2 unspecified atom stereocenters. The van der Waals surface area contributed by atoms with Crippen molar-refractivity contribution in [1.29, 1.82) is 0 Å². The Bertz CT molecular complexity index is 955. The molecule has 2 atom stereocenters. The van der Waals surface area contributed by atoms with Crippen molar-refractivity contribution >= 4 is 28.9 Å². The maximum atomic E-state index is 13.1. The molecule has 130 valence electrons. The summed E-state index contributed by atoms with van der Waals surface area (Å²) in [6.07, 6.45) is -1.10. The molecule has 9 heteroatoms. The first-order valence-corrected chi connectivity index (χ1v) is 7.59. The molecule has 2 aromatic carbocycles. The Morgan fingerprint density at radius 1 is 1.04 bits per heavy atom. The second kappa shape index (κ2) is 5.73. The lowest BCUT2D eigenvalue weighted by molar-refractivity contribution is -0.384. The number of hydrogen-bond acceptors (Lipinski definition) is 6. The van der Waals surface area contributed by atoms with E-state index in [2.05, 4.69) is 5.16 Å². The van der Waals surface area contributed by atoms with Gasteiger partial charge in [-0.15, -0.1) is 0 Å². The van der Waals surface area contributed by atoms with E-state index in [4.69, 9.17) is 4.84 Å². The average Bonchev–Trinajstić information content (AvgIpc) is 3.17. The molecule has 0 saturated carbocycles. The smallest absolute Gasteiger partial charge is 0.278 e. The Morgan fingerprint density at radius 3 is 2.31 bits per heavy atom. The van der Waals surface area contributed by atoms with Gasteiger partial charge in [-0.05, 0) is 36.4 Å². The van der Waals surface area contributed by atoms with Gasteiger partial charge in [0.25, 0.3) is 11.6 Å². The van der Waals surface area contributed by atoms with Crippen LogP contribution in [0.3, 0.4) is 0 Å². The number of oxime groups is 1. The standard InChI is InChI=1S/C17H10FN3O5/c18-10-3-7-11(8-4-10)20-16(22)13-14(19-26-15(13)17(20)23)9-1-5-12(6-2-9)21(24)25/h1-8,13,15H. The van der Waals surface area contributed by atoms with E-state index < -0.39 is 34.6 Å². The van der Waals surface area contributed by atoms with Crippen LogP contribution in [0.5, 0.6) is 0 Å². The van der Waals surface area contributed by atoms with Crippen LogP contribution in [-0.4, -0.2) is 28.6 Å². The zero-order valence-corrected chi connectivity index (χ0v) is 13.0. The van der Waals surface area contributed by atoms with E-state index in [0.29, 0.717) is 5.56 Å². The Balaban J connectivity index is 1.66. The topological polar surface area (TPSA) is 102 Å². The summed E-state index contributed by atoms with van der Waals surface area (Å²) in [5, 5.41) is 14.6. The second-order valence-electron chi connectivity index (χ2n) is 5.77. The first-order valence-electron chi connectivity index (χ1n) is 7.59. The molecule has 0 aliphatic carbocycles. The number of rotatable bonds is 3. The lowest BCUT2D eigenvalue weighted by Gasteiger charge is -2.15. The average molecular weight is 355 g/mol. The molecule has 2 heterocycles. The van der Waals surface area contributed by atoms with Gasteiger partial charge in [-0.3, -0.25) is 19.7 Å². The van der Waals surface area contributed by atoms with Gasteiger partial charge in [-0.1, -0.05) is 5.16 Å². The predicted octanol–water partition coefficient (Wildman–Crippen LogP) is 2.03. The number of nitrogens with zero attached hydrogens (tertiary/aromatic N) is 3. The molecule has 1 saturated heterocycles. The van der Waals surface area contributed by atoms with Crippen LogP contribution in [0.2, 0.25) is 0 Å². The highest BCUT2D eigenvalue weighted by molar-refractivity contribution is 6.32. The molecule has 0 N–H and O–H groups in total. The monoisotopic (exact) mass is 355 g/mol. The molecule has 0 radical (unpaired) electrons. The molecule has 2 aromatic rings. The molecule has 2 amide bonds. The number of imide groups is 1. The maximum absolute atomic E-state index is 13.1. The van der Waals surface area contributed by atoms with Crippen LogP contribution in [-0.2, 0) is 14.4 Å². The second-order valence-corrected chi connectivity index (χ2v) is 5.77. The fourth-order valence-corrected chi connectivity index (χ4v) is 3.01. The Labute approximate surface area is 145 Å². The number of anilines is 1.